The van der Waals surface area contributed by atoms with E-state index in [2.05, 4.69) is 44.6 Å². The van der Waals surface area contributed by atoms with E-state index in [1.807, 2.05) is 35.5 Å². The quantitative estimate of drug-likeness (QED) is 0.106. The SMILES string of the molecule is [2H]C1=C(C)C([2H])C([N+](=O)[O-])=C2SC(N3CCC4(CC3)OCC(C)O4)=NC(O)=C12.[2H]C1=C(C)CC([N+](=O)[O-])=C2SC(N3CCC4(CC3)OCC(C)O4)=NC(O)=C12.[2H]C1=C(C)CC([N+](=O)[O-])=C2SC(N3CCN(CC4CCCCC4)CC3)=NC(O)=C12.[2H]C1C(C)=CC2=C(O)N=C(N3CCC4(CC3)OCC(C)O4)SC2=C1[N+](=O)[O-].[2H]C1C(C)=CC2=C(O)N=C(N3CCN(CC4CCCCC4)CC3)SC2=C1[N+](=O)[O-]. The molecule has 5 N–H and O–H groups in total. The summed E-state index contributed by atoms with van der Waals surface area (Å²) in [7, 11) is 0. The molecule has 0 aromatic heterocycles. The van der Waals surface area contributed by atoms with Gasteiger partial charge in [-0.25, -0.2) is 0 Å². The largest absolute Gasteiger partial charge is 0.493 e. The van der Waals surface area contributed by atoms with Gasteiger partial charge < -0.3 is 78.5 Å². The first-order chi connectivity index (χ1) is 66.7. The van der Waals surface area contributed by atoms with Crippen molar-refractivity contribution in [3.05, 3.63) is 219 Å². The van der Waals surface area contributed by atoms with Gasteiger partial charge in [0.05, 0.1) is 127 Å². The Kier molecular flexibility index (Phi) is 28.3. The van der Waals surface area contributed by atoms with E-state index < -0.39 is 67.1 Å². The number of piperazine rings is 2. The van der Waals surface area contributed by atoms with E-state index >= 15 is 0 Å². The molecule has 8 saturated heterocycles. The molecule has 134 heavy (non-hydrogen) atoms. The Morgan fingerprint density at radius 2 is 0.612 bits per heavy atom. The molecule has 7 aliphatic carbocycles. The smallest absolute Gasteiger partial charge is 0.264 e. The van der Waals surface area contributed by atoms with Gasteiger partial charge >= 0.3 is 0 Å². The fourth-order valence-electron chi connectivity index (χ4n) is 19.5. The van der Waals surface area contributed by atoms with Crippen LogP contribution < -0.4 is 0 Å². The number of piperidine rings is 3. The fraction of sp³-hybridized carbons (Fsp3) is 0.615. The molecule has 0 aromatic carbocycles. The average molecular weight is 1950 g/mol. The Balaban J connectivity index is 0.000000126. The minimum Gasteiger partial charge on any atom is -0.493 e. The van der Waals surface area contributed by atoms with Gasteiger partial charge in [0.2, 0.25) is 29.4 Å². The lowest BCUT2D eigenvalue weighted by molar-refractivity contribution is -0.427. The van der Waals surface area contributed by atoms with Crippen molar-refractivity contribution in [3.63, 3.8) is 0 Å². The molecule has 0 amide bonds. The molecule has 0 aromatic rings. The number of aliphatic imine (C=N–C) groups is 5. The van der Waals surface area contributed by atoms with Crippen molar-refractivity contribution in [2.45, 2.75) is 226 Å². The summed E-state index contributed by atoms with van der Waals surface area (Å²) in [4.78, 5) is 93.4. The maximum absolute atomic E-state index is 11.6. The third-order valence-corrected chi connectivity index (χ3v) is 32.2. The van der Waals surface area contributed by atoms with E-state index in [4.69, 9.17) is 36.6 Å². The first kappa shape index (κ1) is 90.1. The highest BCUT2D eigenvalue weighted by Gasteiger charge is 2.49. The summed E-state index contributed by atoms with van der Waals surface area (Å²) in [5, 5.41) is 113. The normalized spacial score (nSPS) is 29.3. The molecule has 10 fully saturated rings. The Morgan fingerprint density at radius 1 is 0.366 bits per heavy atom. The number of likely N-dealkylation sites (tertiary alicyclic amines) is 3. The van der Waals surface area contributed by atoms with Crippen LogP contribution in [0.1, 0.15) is 198 Å². The van der Waals surface area contributed by atoms with E-state index in [0.717, 1.165) is 113 Å². The Bertz CT molecular complexity index is 5710. The maximum Gasteiger partial charge on any atom is 0.264 e. The van der Waals surface area contributed by atoms with Gasteiger partial charge in [-0.15, -0.1) is 0 Å². The van der Waals surface area contributed by atoms with Crippen molar-refractivity contribution in [1.29, 1.82) is 0 Å². The zero-order valence-corrected chi connectivity index (χ0v) is 80.4. The summed E-state index contributed by atoms with van der Waals surface area (Å²) in [6, 6.07) is 0.186. The lowest BCUT2D eigenvalue weighted by atomic mass is 9.89. The van der Waals surface area contributed by atoms with Crippen molar-refractivity contribution in [2.24, 2.45) is 36.8 Å². The number of nitro groups is 5. The van der Waals surface area contributed by atoms with Crippen LogP contribution in [-0.4, -0.2) is 270 Å². The monoisotopic (exact) mass is 1950 g/mol. The summed E-state index contributed by atoms with van der Waals surface area (Å²) < 4.78 is 84.2. The maximum atomic E-state index is 11.6. The number of ether oxygens (including phenoxy) is 6. The number of fused-ring (bicyclic) bond motifs is 5. The highest BCUT2D eigenvalue weighted by Crippen LogP contribution is 2.50. The number of aliphatic hydroxyl groups excluding tert-OH is 5. The fourth-order valence-corrected chi connectivity index (χ4v) is 25.2. The van der Waals surface area contributed by atoms with Gasteiger partial charge in [-0.2, -0.15) is 25.0 Å². The first-order valence-electron chi connectivity index (χ1n) is 49.1. The van der Waals surface area contributed by atoms with Crippen molar-refractivity contribution in [3.8, 4) is 0 Å². The molecule has 0 radical (unpaired) electrons. The van der Waals surface area contributed by atoms with Crippen molar-refractivity contribution in [2.75, 3.05) is 125 Å². The van der Waals surface area contributed by atoms with Gasteiger partial charge in [0.1, 0.15) is 24.5 Å². The molecule has 38 nitrogen and oxygen atoms in total. The zero-order chi connectivity index (χ0) is 100.0. The lowest BCUT2D eigenvalue weighted by Gasteiger charge is -2.39. The van der Waals surface area contributed by atoms with Crippen LogP contribution in [-0.2, 0) is 28.4 Å². The molecule has 6 atom stereocenters. The zero-order valence-electron chi connectivity index (χ0n) is 82.3. The van der Waals surface area contributed by atoms with Gasteiger partial charge in [-0.1, -0.05) is 66.4 Å². The molecule has 20 aliphatic rings. The van der Waals surface area contributed by atoms with Crippen LogP contribution in [0.5, 0.6) is 0 Å². The minimum atomic E-state index is -1.24. The summed E-state index contributed by atoms with van der Waals surface area (Å²) in [6.45, 7) is 28.7. The first-order valence-corrected chi connectivity index (χ1v) is 50.0. The van der Waals surface area contributed by atoms with Crippen LogP contribution in [0, 0.1) is 62.4 Å². The second kappa shape index (κ2) is 42.1. The van der Waals surface area contributed by atoms with Crippen LogP contribution in [0.4, 0.5) is 0 Å². The Hall–Kier alpha value is -9.12. The van der Waals surface area contributed by atoms with Crippen molar-refractivity contribution >= 4 is 84.6 Å². The number of allylic oxidation sites excluding steroid dienone is 15. The van der Waals surface area contributed by atoms with E-state index in [9.17, 15) is 76.1 Å². The van der Waals surface area contributed by atoms with E-state index in [0.29, 0.717) is 177 Å². The Labute approximate surface area is 807 Å². The molecule has 13 aliphatic heterocycles. The molecule has 3 spiro atoms. The van der Waals surface area contributed by atoms with Crippen LogP contribution >= 0.6 is 58.8 Å². The highest BCUT2D eigenvalue weighted by atomic mass is 32.2. The summed E-state index contributed by atoms with van der Waals surface area (Å²) in [5.74, 6) is -1.53. The lowest BCUT2D eigenvalue weighted by Crippen LogP contribution is -2.49. The topological polar surface area (TPSA) is 457 Å². The van der Waals surface area contributed by atoms with Gasteiger partial charge in [0.15, 0.2) is 43.2 Å². The number of amidine groups is 5. The standard InChI is InChI=1S/2C20H28N4O3S.3C17H21N3O5S/c2*1-14-11-16-18(17(12-14)24(26)27)28-20(21-19(16)25)23-9-7-22(8-10-23)13-15-5-3-2-4-6-15;3*1-10-7-12-14(13(8-10)20(22)23)26-16(18-15(12)21)19-5-3-17(4-6-19)24-9-11(2)25-17/h2*11,15,25H,2-10,12-13H2,1H3;3*7,11,21H,3-6,8-9H2,1-2H3/i12D;11D;7D,8D;8D;7D. The number of hydrogen-bond acceptors (Lipinski definition) is 38. The number of nitrogens with zero attached hydrogens (tertiary/aromatic N) is 17. The molecule has 13 heterocycles. The van der Waals surface area contributed by atoms with Gasteiger partial charge in [-0.3, -0.25) is 60.4 Å². The minimum absolute atomic E-state index is 0.00668. The third-order valence-electron chi connectivity index (χ3n) is 26.4. The van der Waals surface area contributed by atoms with Gasteiger partial charge in [-0.05, 0) is 182 Å². The van der Waals surface area contributed by atoms with Crippen molar-refractivity contribution < 1.29 is 86.8 Å². The number of rotatable bonds is 9. The second-order valence-electron chi connectivity index (χ2n) is 36.7. The van der Waals surface area contributed by atoms with Crippen LogP contribution in [0.25, 0.3) is 0 Å². The molecule has 6 unspecified atom stereocenters. The third kappa shape index (κ3) is 22.7. The van der Waals surface area contributed by atoms with Gasteiger partial charge in [0.25, 0.3) is 28.5 Å². The Morgan fingerprint density at radius 3 is 0.881 bits per heavy atom. The second-order valence-corrected chi connectivity index (χ2v) is 41.6. The average Bonchev–Trinajstić information content (AvgIpc) is 0.802. The molecule has 2 saturated carbocycles. The van der Waals surface area contributed by atoms with Crippen LogP contribution in [0.15, 0.2) is 193 Å². The molecule has 0 bridgehead atoms. The van der Waals surface area contributed by atoms with Crippen molar-refractivity contribution in [1.82, 2.24) is 34.3 Å². The number of aliphatic hydroxyl groups is 5. The van der Waals surface area contributed by atoms with E-state index in [-0.39, 0.29) is 129 Å². The van der Waals surface area contributed by atoms with Gasteiger partial charge in [0, 0.05) is 147 Å². The molecule has 20 rings (SSSR count). The summed E-state index contributed by atoms with van der Waals surface area (Å²) >= 11 is 5.80. The number of thioether (sulfide) groups is 5. The van der Waals surface area contributed by atoms with Crippen LogP contribution in [0.2, 0.25) is 0 Å². The predicted octanol–water partition coefficient (Wildman–Crippen LogP) is 16.6. The number of hydrogen-bond donors (Lipinski definition) is 5. The predicted molar refractivity (Wildman–Crippen MR) is 515 cm³/mol. The van der Waals surface area contributed by atoms with Crippen LogP contribution in [0.3, 0.4) is 0 Å². The molecular formula is C91H119N17O21S5. The summed E-state index contributed by atoms with van der Waals surface area (Å²) in [5.41, 5.74) is 2.84. The summed E-state index contributed by atoms with van der Waals surface area (Å²) in [6.07, 6.45) is 17.8. The molecule has 43 heteroatoms. The molecular weight excluding hydrogens is 1830 g/mol. The van der Waals surface area contributed by atoms with E-state index in [1.165, 1.54) is 94.7 Å². The highest BCUT2D eigenvalue weighted by molar-refractivity contribution is 8.18. The van der Waals surface area contributed by atoms with E-state index in [1.54, 1.807) is 39.8 Å². The molecule has 724 valence electrons.